The lowest BCUT2D eigenvalue weighted by Crippen LogP contribution is -2.34. The smallest absolute Gasteiger partial charge is 0.251 e. The number of hydrogen-bond acceptors (Lipinski definition) is 5. The molecule has 1 fully saturated rings. The molecule has 2 aromatic rings. The topological polar surface area (TPSA) is 69.2 Å². The number of nitrogens with zero attached hydrogens (tertiary/aromatic N) is 2. The molecule has 0 spiro atoms. The number of hydrogen-bond donors (Lipinski definition) is 2. The van der Waals surface area contributed by atoms with Crippen molar-refractivity contribution >= 4 is 11.3 Å². The van der Waals surface area contributed by atoms with Crippen molar-refractivity contribution in [3.8, 4) is 11.8 Å². The maximum atomic E-state index is 11.7. The summed E-state index contributed by atoms with van der Waals surface area (Å²) < 4.78 is 0. The van der Waals surface area contributed by atoms with Crippen molar-refractivity contribution in [1.82, 2.24) is 14.9 Å². The second kappa shape index (κ2) is 7.75. The Hall–Kier alpha value is -1.94. The maximum absolute atomic E-state index is 11.7. The molecule has 6 heteroatoms. The van der Waals surface area contributed by atoms with Crippen LogP contribution in [0.4, 0.5) is 0 Å². The molecule has 3 rings (SSSR count). The number of likely N-dealkylation sites (tertiary alicyclic amines) is 1. The highest BCUT2D eigenvalue weighted by Crippen LogP contribution is 2.27. The first-order valence-corrected chi connectivity index (χ1v) is 8.94. The average Bonchev–Trinajstić information content (AvgIpc) is 2.99. The van der Waals surface area contributed by atoms with Crippen LogP contribution in [0.25, 0.3) is 0 Å². The fourth-order valence-corrected chi connectivity index (χ4v) is 4.05. The molecule has 0 amide bonds. The molecule has 126 valence electrons. The van der Waals surface area contributed by atoms with Gasteiger partial charge in [-0.05, 0) is 38.4 Å². The molecule has 0 radical (unpaired) electrons. The third-order valence-corrected chi connectivity index (χ3v) is 5.12. The van der Waals surface area contributed by atoms with Crippen LogP contribution in [0.2, 0.25) is 0 Å². The van der Waals surface area contributed by atoms with E-state index in [1.54, 1.807) is 17.4 Å². The van der Waals surface area contributed by atoms with Gasteiger partial charge in [0.2, 0.25) is 0 Å². The Bertz CT molecular complexity index is 815. The number of aromatic amines is 1. The Morgan fingerprint density at radius 1 is 1.50 bits per heavy atom. The second-order valence-corrected chi connectivity index (χ2v) is 7.22. The number of nitrogens with one attached hydrogen (secondary N) is 1. The van der Waals surface area contributed by atoms with Crippen molar-refractivity contribution in [2.24, 2.45) is 0 Å². The summed E-state index contributed by atoms with van der Waals surface area (Å²) in [7, 11) is 0. The molecule has 0 bridgehead atoms. The average molecular weight is 343 g/mol. The molecule has 1 aliphatic heterocycles. The van der Waals surface area contributed by atoms with Crippen molar-refractivity contribution in [3.05, 3.63) is 49.8 Å². The van der Waals surface area contributed by atoms with Crippen LogP contribution in [-0.4, -0.2) is 39.7 Å². The summed E-state index contributed by atoms with van der Waals surface area (Å²) in [6.45, 7) is 4.60. The zero-order chi connectivity index (χ0) is 16.9. The number of thiophene rings is 1. The molecule has 2 aromatic heterocycles. The minimum absolute atomic E-state index is 0.0695. The summed E-state index contributed by atoms with van der Waals surface area (Å²) in [6, 6.07) is 5.74. The fraction of sp³-hybridized carbons (Fsp3) is 0.444. The number of aromatic nitrogens is 2. The van der Waals surface area contributed by atoms with E-state index in [0.29, 0.717) is 11.7 Å². The predicted molar refractivity (Wildman–Crippen MR) is 95.1 cm³/mol. The first kappa shape index (κ1) is 16.9. The predicted octanol–water partition coefficient (Wildman–Crippen LogP) is 1.86. The van der Waals surface area contributed by atoms with Gasteiger partial charge < -0.3 is 10.1 Å². The Balaban J connectivity index is 1.67. The summed E-state index contributed by atoms with van der Waals surface area (Å²) in [5, 5.41) is 8.76. The van der Waals surface area contributed by atoms with Gasteiger partial charge in [-0.15, -0.1) is 11.3 Å². The molecular weight excluding hydrogens is 322 g/mol. The minimum Gasteiger partial charge on any atom is -0.384 e. The van der Waals surface area contributed by atoms with Gasteiger partial charge in [-0.3, -0.25) is 9.69 Å². The molecule has 3 heterocycles. The number of aryl methyl sites for hydroxylation is 1. The third-order valence-electron chi connectivity index (χ3n) is 4.14. The maximum Gasteiger partial charge on any atom is 0.251 e. The summed E-state index contributed by atoms with van der Waals surface area (Å²) in [5.74, 6) is 6.63. The molecule has 5 nitrogen and oxygen atoms in total. The first-order chi connectivity index (χ1) is 11.6. The Kier molecular flexibility index (Phi) is 5.46. The SMILES string of the molecule is Cc1nc(C2CCCN(Cc3ccc(C#CCO)s3)C2)cc(=O)[nH]1. The molecule has 0 aromatic carbocycles. The van der Waals surface area contributed by atoms with E-state index in [4.69, 9.17) is 5.11 Å². The van der Waals surface area contributed by atoms with Gasteiger partial charge in [0, 0.05) is 30.0 Å². The van der Waals surface area contributed by atoms with Gasteiger partial charge in [0.15, 0.2) is 0 Å². The first-order valence-electron chi connectivity index (χ1n) is 8.12. The van der Waals surface area contributed by atoms with E-state index in [9.17, 15) is 4.79 Å². The van der Waals surface area contributed by atoms with E-state index in [1.807, 2.05) is 13.0 Å². The quantitative estimate of drug-likeness (QED) is 0.835. The van der Waals surface area contributed by atoms with E-state index in [0.717, 1.165) is 43.0 Å². The van der Waals surface area contributed by atoms with Gasteiger partial charge >= 0.3 is 0 Å². The Labute approximate surface area is 145 Å². The van der Waals surface area contributed by atoms with E-state index in [1.165, 1.54) is 4.88 Å². The fourth-order valence-electron chi connectivity index (χ4n) is 3.13. The lowest BCUT2D eigenvalue weighted by Gasteiger charge is -2.32. The summed E-state index contributed by atoms with van der Waals surface area (Å²) in [5.41, 5.74) is 0.835. The highest BCUT2D eigenvalue weighted by atomic mass is 32.1. The third kappa shape index (κ3) is 4.32. The molecular formula is C18H21N3O2S. The van der Waals surface area contributed by atoms with E-state index in [-0.39, 0.29) is 12.2 Å². The lowest BCUT2D eigenvalue weighted by atomic mass is 9.94. The zero-order valence-electron chi connectivity index (χ0n) is 13.7. The van der Waals surface area contributed by atoms with Crippen molar-refractivity contribution < 1.29 is 5.11 Å². The van der Waals surface area contributed by atoms with E-state index in [2.05, 4.69) is 32.8 Å². The van der Waals surface area contributed by atoms with E-state index < -0.39 is 0 Å². The summed E-state index contributed by atoms with van der Waals surface area (Å²) >= 11 is 1.67. The Morgan fingerprint density at radius 3 is 3.17 bits per heavy atom. The highest BCUT2D eigenvalue weighted by Gasteiger charge is 2.23. The monoisotopic (exact) mass is 343 g/mol. The number of rotatable bonds is 3. The number of H-pyrrole nitrogens is 1. The molecule has 1 saturated heterocycles. The minimum atomic E-state index is -0.107. The van der Waals surface area contributed by atoms with Gasteiger partial charge in [-0.2, -0.15) is 0 Å². The lowest BCUT2D eigenvalue weighted by molar-refractivity contribution is 0.200. The molecule has 0 aliphatic carbocycles. The van der Waals surface area contributed by atoms with Gasteiger partial charge in [0.25, 0.3) is 5.56 Å². The number of aliphatic hydroxyl groups excluding tert-OH is 1. The van der Waals surface area contributed by atoms with Gasteiger partial charge in [-0.25, -0.2) is 4.98 Å². The van der Waals surface area contributed by atoms with Crippen LogP contribution in [0.15, 0.2) is 23.0 Å². The zero-order valence-corrected chi connectivity index (χ0v) is 14.5. The van der Waals surface area contributed by atoms with Gasteiger partial charge in [-0.1, -0.05) is 11.8 Å². The van der Waals surface area contributed by atoms with E-state index >= 15 is 0 Å². The second-order valence-electron chi connectivity index (χ2n) is 6.06. The normalized spacial score (nSPS) is 18.2. The van der Waals surface area contributed by atoms with Crippen molar-refractivity contribution in [2.45, 2.75) is 32.2 Å². The standard InChI is InChI=1S/C18H21N3O2S/c1-13-19-17(10-18(23)20-13)14-4-2-8-21(11-14)12-16-7-6-15(24-16)5-3-9-22/h6-7,10,14,22H,2,4,8-9,11-12H2,1H3,(H,19,20,23). The van der Waals surface area contributed by atoms with Crippen LogP contribution in [-0.2, 0) is 6.54 Å². The number of aliphatic hydroxyl groups is 1. The Morgan fingerprint density at radius 2 is 2.38 bits per heavy atom. The molecule has 24 heavy (non-hydrogen) atoms. The van der Waals surface area contributed by atoms with Crippen molar-refractivity contribution in [2.75, 3.05) is 19.7 Å². The molecule has 1 aliphatic rings. The molecule has 1 unspecified atom stereocenters. The van der Waals surface area contributed by atoms with Crippen LogP contribution in [0.3, 0.4) is 0 Å². The largest absolute Gasteiger partial charge is 0.384 e. The molecule has 0 saturated carbocycles. The van der Waals surface area contributed by atoms with Gasteiger partial charge in [0.05, 0.1) is 10.6 Å². The van der Waals surface area contributed by atoms with Crippen LogP contribution in [0, 0.1) is 18.8 Å². The number of piperidine rings is 1. The summed E-state index contributed by atoms with van der Waals surface area (Å²) in [4.78, 5) is 23.6. The summed E-state index contributed by atoms with van der Waals surface area (Å²) in [6.07, 6.45) is 2.19. The molecule has 1 atom stereocenters. The van der Waals surface area contributed by atoms with Gasteiger partial charge in [0.1, 0.15) is 12.4 Å². The van der Waals surface area contributed by atoms with Crippen LogP contribution < -0.4 is 5.56 Å². The van der Waals surface area contributed by atoms with Crippen LogP contribution in [0.5, 0.6) is 0 Å². The van der Waals surface area contributed by atoms with Crippen LogP contribution >= 0.6 is 11.3 Å². The van der Waals surface area contributed by atoms with Crippen molar-refractivity contribution in [1.29, 1.82) is 0 Å². The molecule has 2 N–H and O–H groups in total. The highest BCUT2D eigenvalue weighted by molar-refractivity contribution is 7.12. The van der Waals surface area contributed by atoms with Crippen molar-refractivity contribution in [3.63, 3.8) is 0 Å². The van der Waals surface area contributed by atoms with Crippen LogP contribution in [0.1, 0.15) is 40.0 Å².